The van der Waals surface area contributed by atoms with Crippen molar-refractivity contribution in [3.63, 3.8) is 0 Å². The van der Waals surface area contributed by atoms with E-state index in [1.807, 2.05) is 84.7 Å². The second-order valence-corrected chi connectivity index (χ2v) is 6.97. The number of benzene rings is 3. The molecule has 3 rings (SSSR count). The number of likely N-dealkylation sites (N-methyl/N-ethyl adjacent to an activating group) is 1. The normalized spacial score (nSPS) is 10.5. The Labute approximate surface area is 167 Å². The van der Waals surface area contributed by atoms with Gasteiger partial charge in [-0.25, -0.2) is 0 Å². The van der Waals surface area contributed by atoms with Gasteiger partial charge in [-0.3, -0.25) is 4.79 Å². The van der Waals surface area contributed by atoms with Gasteiger partial charge in [-0.05, 0) is 41.7 Å². The lowest BCUT2D eigenvalue weighted by atomic mass is 10.1. The molecule has 0 aliphatic heterocycles. The van der Waals surface area contributed by atoms with Crippen molar-refractivity contribution < 1.29 is 9.53 Å². The second kappa shape index (κ2) is 10.3. The van der Waals surface area contributed by atoms with E-state index in [0.29, 0.717) is 13.0 Å². The van der Waals surface area contributed by atoms with Crippen molar-refractivity contribution >= 4 is 5.91 Å². The van der Waals surface area contributed by atoms with Gasteiger partial charge in [-0.15, -0.1) is 0 Å². The quantitative estimate of drug-likeness (QED) is 0.534. The van der Waals surface area contributed by atoms with E-state index in [1.54, 1.807) is 0 Å². The maximum atomic E-state index is 12.4. The Kier molecular flexibility index (Phi) is 7.25. The first-order valence-corrected chi connectivity index (χ1v) is 9.74. The Bertz CT molecular complexity index is 845. The number of aryl methyl sites for hydroxylation is 1. The lowest BCUT2D eigenvalue weighted by Crippen LogP contribution is -2.29. The zero-order valence-corrected chi connectivity index (χ0v) is 16.4. The topological polar surface area (TPSA) is 29.5 Å². The summed E-state index contributed by atoms with van der Waals surface area (Å²) in [6.45, 7) is 1.31. The summed E-state index contributed by atoms with van der Waals surface area (Å²) in [6, 6.07) is 28.4. The van der Waals surface area contributed by atoms with Gasteiger partial charge in [0.05, 0.1) is 0 Å². The maximum Gasteiger partial charge on any atom is 0.222 e. The fourth-order valence-corrected chi connectivity index (χ4v) is 3.00. The van der Waals surface area contributed by atoms with E-state index in [1.165, 1.54) is 5.56 Å². The highest BCUT2D eigenvalue weighted by atomic mass is 16.5. The molecule has 0 unspecified atom stereocenters. The molecule has 0 fully saturated rings. The van der Waals surface area contributed by atoms with E-state index in [9.17, 15) is 4.79 Å². The lowest BCUT2D eigenvalue weighted by molar-refractivity contribution is -0.129. The van der Waals surface area contributed by atoms with E-state index in [-0.39, 0.29) is 5.91 Å². The Morgan fingerprint density at radius 2 is 1.32 bits per heavy atom. The summed E-state index contributed by atoms with van der Waals surface area (Å²) in [7, 11) is 1.88. The summed E-state index contributed by atoms with van der Waals surface area (Å²) < 4.78 is 5.81. The van der Waals surface area contributed by atoms with E-state index in [0.717, 1.165) is 36.3 Å². The minimum atomic E-state index is 0.181. The third-order valence-electron chi connectivity index (χ3n) is 4.80. The highest BCUT2D eigenvalue weighted by Gasteiger charge is 2.09. The number of hydrogen-bond donors (Lipinski definition) is 0. The van der Waals surface area contributed by atoms with E-state index in [2.05, 4.69) is 12.1 Å². The van der Waals surface area contributed by atoms with Crippen LogP contribution >= 0.6 is 0 Å². The van der Waals surface area contributed by atoms with Gasteiger partial charge in [-0.1, -0.05) is 72.8 Å². The summed E-state index contributed by atoms with van der Waals surface area (Å²) in [5.74, 6) is 1.03. The molecule has 0 atom stereocenters. The van der Waals surface area contributed by atoms with Crippen molar-refractivity contribution in [2.45, 2.75) is 25.9 Å². The third-order valence-corrected chi connectivity index (χ3v) is 4.80. The maximum absolute atomic E-state index is 12.4. The van der Waals surface area contributed by atoms with E-state index in [4.69, 9.17) is 4.74 Å². The van der Waals surface area contributed by atoms with Gasteiger partial charge in [-0.2, -0.15) is 0 Å². The number of carbonyl (C=O) groups is 1. The number of rotatable bonds is 9. The number of hydrogen-bond acceptors (Lipinski definition) is 2. The molecular weight excluding hydrogens is 346 g/mol. The molecule has 0 N–H and O–H groups in total. The highest BCUT2D eigenvalue weighted by Crippen LogP contribution is 2.15. The molecular formula is C25H27NO2. The van der Waals surface area contributed by atoms with Crippen LogP contribution in [0.1, 0.15) is 23.1 Å². The molecule has 0 aromatic heterocycles. The zero-order valence-electron chi connectivity index (χ0n) is 16.4. The second-order valence-electron chi connectivity index (χ2n) is 6.97. The van der Waals surface area contributed by atoms with Crippen LogP contribution in [0.2, 0.25) is 0 Å². The van der Waals surface area contributed by atoms with Crippen molar-refractivity contribution in [2.24, 2.45) is 0 Å². The third kappa shape index (κ3) is 6.27. The van der Waals surface area contributed by atoms with Gasteiger partial charge in [0.1, 0.15) is 12.4 Å². The smallest absolute Gasteiger partial charge is 0.222 e. The van der Waals surface area contributed by atoms with Crippen LogP contribution in [0.25, 0.3) is 0 Å². The van der Waals surface area contributed by atoms with Crippen LogP contribution < -0.4 is 4.74 Å². The number of amides is 1. The monoisotopic (exact) mass is 373 g/mol. The van der Waals surface area contributed by atoms with Crippen LogP contribution in [0, 0.1) is 0 Å². The minimum Gasteiger partial charge on any atom is -0.489 e. The molecule has 3 aromatic carbocycles. The van der Waals surface area contributed by atoms with Crippen LogP contribution in [-0.2, 0) is 24.2 Å². The zero-order chi connectivity index (χ0) is 19.6. The molecule has 28 heavy (non-hydrogen) atoms. The van der Waals surface area contributed by atoms with Gasteiger partial charge >= 0.3 is 0 Å². The first-order valence-electron chi connectivity index (χ1n) is 9.74. The molecule has 3 nitrogen and oxygen atoms in total. The first-order chi connectivity index (χ1) is 13.7. The molecule has 0 bridgehead atoms. The van der Waals surface area contributed by atoms with Crippen LogP contribution in [0.3, 0.4) is 0 Å². The average Bonchev–Trinajstić information content (AvgIpc) is 2.76. The van der Waals surface area contributed by atoms with Crippen LogP contribution in [0.5, 0.6) is 5.75 Å². The van der Waals surface area contributed by atoms with Crippen LogP contribution in [0.15, 0.2) is 84.9 Å². The predicted molar refractivity (Wildman–Crippen MR) is 113 cm³/mol. The molecule has 3 heteroatoms. The predicted octanol–water partition coefficient (Wildman–Crippen LogP) is 4.90. The fraction of sp³-hybridized carbons (Fsp3) is 0.240. The van der Waals surface area contributed by atoms with Crippen molar-refractivity contribution in [1.29, 1.82) is 0 Å². The Balaban J connectivity index is 1.40. The Morgan fingerprint density at radius 3 is 1.96 bits per heavy atom. The highest BCUT2D eigenvalue weighted by molar-refractivity contribution is 5.76. The summed E-state index contributed by atoms with van der Waals surface area (Å²) in [5.41, 5.74) is 3.56. The number of nitrogens with zero attached hydrogens (tertiary/aromatic N) is 1. The standard InChI is InChI=1S/C25H27NO2/c1-26(19-18-21-8-4-2-5-9-21)25(27)17-14-22-12-15-24(16-13-22)28-20-23-10-6-3-7-11-23/h2-13,15-16H,14,17-20H2,1H3. The molecule has 0 saturated heterocycles. The molecule has 0 aliphatic carbocycles. The van der Waals surface area contributed by atoms with Gasteiger partial charge in [0.2, 0.25) is 5.91 Å². The number of carbonyl (C=O) groups excluding carboxylic acids is 1. The van der Waals surface area contributed by atoms with Crippen LogP contribution in [-0.4, -0.2) is 24.4 Å². The molecule has 0 heterocycles. The summed E-state index contributed by atoms with van der Waals surface area (Å²) in [4.78, 5) is 14.2. The molecule has 3 aromatic rings. The van der Waals surface area contributed by atoms with Crippen molar-refractivity contribution in [3.8, 4) is 5.75 Å². The largest absolute Gasteiger partial charge is 0.489 e. The van der Waals surface area contributed by atoms with Crippen molar-refractivity contribution in [1.82, 2.24) is 4.90 Å². The summed E-state index contributed by atoms with van der Waals surface area (Å²) in [5, 5.41) is 0. The molecule has 0 aliphatic rings. The minimum absolute atomic E-state index is 0.181. The number of ether oxygens (including phenoxy) is 1. The average molecular weight is 373 g/mol. The van der Waals surface area contributed by atoms with Gasteiger partial charge in [0.25, 0.3) is 0 Å². The summed E-state index contributed by atoms with van der Waals surface area (Å²) in [6.07, 6.45) is 2.15. The molecule has 144 valence electrons. The van der Waals surface area contributed by atoms with Gasteiger partial charge in [0, 0.05) is 20.0 Å². The Morgan fingerprint density at radius 1 is 0.750 bits per heavy atom. The van der Waals surface area contributed by atoms with Crippen molar-refractivity contribution in [3.05, 3.63) is 102 Å². The Hall–Kier alpha value is -3.07. The molecule has 0 radical (unpaired) electrons. The molecule has 1 amide bonds. The SMILES string of the molecule is CN(CCc1ccccc1)C(=O)CCc1ccc(OCc2ccccc2)cc1. The first kappa shape index (κ1) is 19.7. The molecule has 0 spiro atoms. The lowest BCUT2D eigenvalue weighted by Gasteiger charge is -2.17. The van der Waals surface area contributed by atoms with Gasteiger partial charge in [0.15, 0.2) is 0 Å². The van der Waals surface area contributed by atoms with Gasteiger partial charge < -0.3 is 9.64 Å². The van der Waals surface area contributed by atoms with E-state index < -0.39 is 0 Å². The fourth-order valence-electron chi connectivity index (χ4n) is 3.00. The van der Waals surface area contributed by atoms with Crippen molar-refractivity contribution in [2.75, 3.05) is 13.6 Å². The molecule has 0 saturated carbocycles. The summed E-state index contributed by atoms with van der Waals surface area (Å²) >= 11 is 0. The van der Waals surface area contributed by atoms with E-state index >= 15 is 0 Å². The van der Waals surface area contributed by atoms with Crippen LogP contribution in [0.4, 0.5) is 0 Å².